The van der Waals surface area contributed by atoms with E-state index < -0.39 is 15.8 Å². The summed E-state index contributed by atoms with van der Waals surface area (Å²) in [6, 6.07) is 17.5. The summed E-state index contributed by atoms with van der Waals surface area (Å²) < 4.78 is 41.0. The number of H-pyrrole nitrogens is 1. The topological polar surface area (TPSA) is 91.9 Å². The van der Waals surface area contributed by atoms with Crippen molar-refractivity contribution in [1.82, 2.24) is 9.97 Å². The van der Waals surface area contributed by atoms with Crippen LogP contribution in [0.1, 0.15) is 11.1 Å². The van der Waals surface area contributed by atoms with Crippen LogP contribution >= 0.6 is 46.0 Å². The molecule has 3 heterocycles. The number of thioether (sulfide) groups is 1. The molecule has 0 unspecified atom stereocenters. The second-order valence-corrected chi connectivity index (χ2v) is 13.2. The maximum absolute atomic E-state index is 13.1. The molecule has 0 aliphatic carbocycles. The van der Waals surface area contributed by atoms with Crippen LogP contribution in [-0.4, -0.2) is 18.4 Å². The number of thiophene rings is 2. The first-order valence-corrected chi connectivity index (χ1v) is 15.7. The van der Waals surface area contributed by atoms with Gasteiger partial charge in [0.1, 0.15) is 5.82 Å². The fraction of sp³-hybridized carbons (Fsp3) is 0.0769. The standard InChI is InChI=1S/C26H19ClFN3O3S4/c1-15-24(23-11-10-22(37-23)21-3-2-12-35-21)29-26(30-25(15)32)36-14-16-4-9-19(13-20(16)27)38(33,34)31-18-7-5-17(28)6-8-18/h2-13,31H,14H2,1H3,(H,29,30,32). The average Bonchev–Trinajstić information content (AvgIpc) is 3.59. The molecule has 5 aromatic rings. The highest BCUT2D eigenvalue weighted by Gasteiger charge is 2.17. The van der Waals surface area contributed by atoms with Gasteiger partial charge in [-0.1, -0.05) is 35.5 Å². The molecular formula is C26H19ClFN3O3S4. The predicted molar refractivity (Wildman–Crippen MR) is 154 cm³/mol. The molecule has 3 aromatic heterocycles. The monoisotopic (exact) mass is 603 g/mol. The molecule has 0 aliphatic rings. The Morgan fingerprint density at radius 3 is 2.53 bits per heavy atom. The highest BCUT2D eigenvalue weighted by atomic mass is 35.5. The number of benzene rings is 2. The predicted octanol–water partition coefficient (Wildman–Crippen LogP) is 7.42. The van der Waals surface area contributed by atoms with E-state index in [2.05, 4.69) is 15.8 Å². The Hall–Kier alpha value is -2.96. The average molecular weight is 604 g/mol. The maximum Gasteiger partial charge on any atom is 0.261 e. The van der Waals surface area contributed by atoms with Crippen molar-refractivity contribution >= 4 is 61.7 Å². The van der Waals surface area contributed by atoms with E-state index in [0.717, 1.165) is 14.6 Å². The molecule has 0 atom stereocenters. The molecule has 194 valence electrons. The van der Waals surface area contributed by atoms with E-state index >= 15 is 0 Å². The normalized spacial score (nSPS) is 11.6. The number of aromatic nitrogens is 2. The lowest BCUT2D eigenvalue weighted by Gasteiger charge is -2.11. The minimum atomic E-state index is -3.92. The van der Waals surface area contributed by atoms with Crippen LogP contribution in [-0.2, 0) is 15.8 Å². The Kier molecular flexibility index (Phi) is 7.73. The Balaban J connectivity index is 1.33. The van der Waals surface area contributed by atoms with Gasteiger partial charge in [-0.3, -0.25) is 9.52 Å². The van der Waals surface area contributed by atoms with Crippen molar-refractivity contribution in [1.29, 1.82) is 0 Å². The number of halogens is 2. The molecule has 0 aliphatic heterocycles. The van der Waals surface area contributed by atoms with Crippen molar-refractivity contribution in [2.45, 2.75) is 22.7 Å². The van der Waals surface area contributed by atoms with Crippen LogP contribution in [0.4, 0.5) is 10.1 Å². The van der Waals surface area contributed by atoms with Crippen molar-refractivity contribution in [3.8, 4) is 20.3 Å². The van der Waals surface area contributed by atoms with Gasteiger partial charge in [-0.2, -0.15) is 0 Å². The number of nitrogens with one attached hydrogen (secondary N) is 2. The van der Waals surface area contributed by atoms with Gasteiger partial charge in [-0.15, -0.1) is 22.7 Å². The van der Waals surface area contributed by atoms with Gasteiger partial charge >= 0.3 is 0 Å². The number of sulfonamides is 1. The van der Waals surface area contributed by atoms with E-state index in [9.17, 15) is 17.6 Å². The number of hydrogen-bond donors (Lipinski definition) is 2. The fourth-order valence-electron chi connectivity index (χ4n) is 3.53. The van der Waals surface area contributed by atoms with E-state index in [1.165, 1.54) is 48.2 Å². The summed E-state index contributed by atoms with van der Waals surface area (Å²) in [5.74, 6) is -0.103. The molecule has 2 N–H and O–H groups in total. The van der Waals surface area contributed by atoms with E-state index in [0.29, 0.717) is 27.7 Å². The van der Waals surface area contributed by atoms with Crippen LogP contribution in [0.25, 0.3) is 20.3 Å². The molecule has 0 amide bonds. The number of anilines is 1. The summed E-state index contributed by atoms with van der Waals surface area (Å²) in [5, 5.41) is 2.72. The summed E-state index contributed by atoms with van der Waals surface area (Å²) in [6.07, 6.45) is 0. The highest BCUT2D eigenvalue weighted by molar-refractivity contribution is 7.98. The molecule has 0 radical (unpaired) electrons. The summed E-state index contributed by atoms with van der Waals surface area (Å²) in [4.78, 5) is 23.3. The Bertz CT molecular complexity index is 1770. The summed E-state index contributed by atoms with van der Waals surface area (Å²) in [6.45, 7) is 1.75. The number of rotatable bonds is 8. The van der Waals surface area contributed by atoms with Gasteiger partial charge in [0, 0.05) is 31.8 Å². The summed E-state index contributed by atoms with van der Waals surface area (Å²) in [5.41, 5.74) is 1.86. The van der Waals surface area contributed by atoms with Crippen LogP contribution in [0.5, 0.6) is 0 Å². The lowest BCUT2D eigenvalue weighted by Crippen LogP contribution is -2.14. The van der Waals surface area contributed by atoms with Crippen molar-refractivity contribution < 1.29 is 12.8 Å². The second-order valence-electron chi connectivity index (χ2n) is 8.14. The molecule has 6 nitrogen and oxygen atoms in total. The molecule has 2 aromatic carbocycles. The van der Waals surface area contributed by atoms with Crippen LogP contribution in [0.3, 0.4) is 0 Å². The molecule has 0 fully saturated rings. The zero-order chi connectivity index (χ0) is 26.9. The lowest BCUT2D eigenvalue weighted by molar-refractivity contribution is 0.601. The number of nitrogens with zero attached hydrogens (tertiary/aromatic N) is 1. The fourth-order valence-corrected chi connectivity index (χ4v) is 7.75. The number of aromatic amines is 1. The third-order valence-corrected chi connectivity index (χ3v) is 10.3. The first-order chi connectivity index (χ1) is 18.2. The van der Waals surface area contributed by atoms with Gasteiger partial charge in [0.15, 0.2) is 5.16 Å². The molecule has 12 heteroatoms. The minimum absolute atomic E-state index is 0.0241. The van der Waals surface area contributed by atoms with Crippen LogP contribution in [0.15, 0.2) is 87.0 Å². The smallest absolute Gasteiger partial charge is 0.261 e. The molecule has 0 saturated heterocycles. The van der Waals surface area contributed by atoms with Gasteiger partial charge in [-0.25, -0.2) is 17.8 Å². The van der Waals surface area contributed by atoms with E-state index in [1.807, 2.05) is 23.6 Å². The second kappa shape index (κ2) is 11.0. The Morgan fingerprint density at radius 1 is 1.05 bits per heavy atom. The van der Waals surface area contributed by atoms with E-state index in [-0.39, 0.29) is 21.2 Å². The molecule has 0 bridgehead atoms. The van der Waals surface area contributed by atoms with Crippen molar-refractivity contribution in [2.75, 3.05) is 4.72 Å². The zero-order valence-corrected chi connectivity index (χ0v) is 23.7. The SMILES string of the molecule is Cc1c(-c2ccc(-c3cccs3)s2)nc(SCc2ccc(S(=O)(=O)Nc3ccc(F)cc3)cc2Cl)[nH]c1=O. The van der Waals surface area contributed by atoms with Gasteiger partial charge < -0.3 is 4.98 Å². The van der Waals surface area contributed by atoms with Crippen molar-refractivity contribution in [3.63, 3.8) is 0 Å². The first-order valence-electron chi connectivity index (χ1n) is 11.1. The van der Waals surface area contributed by atoms with Crippen molar-refractivity contribution in [3.05, 3.63) is 104 Å². The molecule has 38 heavy (non-hydrogen) atoms. The lowest BCUT2D eigenvalue weighted by atomic mass is 10.2. The maximum atomic E-state index is 13.1. The van der Waals surface area contributed by atoms with Gasteiger partial charge in [0.05, 0.1) is 15.5 Å². The van der Waals surface area contributed by atoms with E-state index in [1.54, 1.807) is 35.7 Å². The quantitative estimate of drug-likeness (QED) is 0.142. The largest absolute Gasteiger partial charge is 0.301 e. The molecular weight excluding hydrogens is 585 g/mol. The van der Waals surface area contributed by atoms with Crippen molar-refractivity contribution in [2.24, 2.45) is 0 Å². The van der Waals surface area contributed by atoms with Gasteiger partial charge in [0.25, 0.3) is 15.6 Å². The van der Waals surface area contributed by atoms with Crippen LogP contribution in [0.2, 0.25) is 5.02 Å². The van der Waals surface area contributed by atoms with E-state index in [4.69, 9.17) is 16.6 Å². The Morgan fingerprint density at radius 2 is 1.82 bits per heavy atom. The molecule has 5 rings (SSSR count). The highest BCUT2D eigenvalue weighted by Crippen LogP contribution is 2.37. The summed E-state index contributed by atoms with van der Waals surface area (Å²) in [7, 11) is -3.92. The van der Waals surface area contributed by atoms with Crippen LogP contribution < -0.4 is 10.3 Å². The number of hydrogen-bond acceptors (Lipinski definition) is 7. The van der Waals surface area contributed by atoms with Crippen LogP contribution in [0, 0.1) is 12.7 Å². The van der Waals surface area contributed by atoms with Gasteiger partial charge in [0.2, 0.25) is 0 Å². The van der Waals surface area contributed by atoms with Gasteiger partial charge in [-0.05, 0) is 72.5 Å². The zero-order valence-electron chi connectivity index (χ0n) is 19.7. The first kappa shape index (κ1) is 26.6. The molecule has 0 saturated carbocycles. The minimum Gasteiger partial charge on any atom is -0.301 e. The third kappa shape index (κ3) is 5.87. The summed E-state index contributed by atoms with van der Waals surface area (Å²) >= 11 is 10.9. The third-order valence-electron chi connectivity index (χ3n) is 5.53. The Labute approximate surface area is 235 Å². The molecule has 0 spiro atoms.